The van der Waals surface area contributed by atoms with Crippen LogP contribution >= 0.6 is 0 Å². The molecule has 170 valence electrons. The van der Waals surface area contributed by atoms with Crippen LogP contribution in [0.3, 0.4) is 0 Å². The molecular formula is C22H25F3N6O. The fraction of sp³-hybridized carbons (Fsp3) is 0.500. The van der Waals surface area contributed by atoms with Crippen molar-refractivity contribution in [1.82, 2.24) is 15.1 Å². The summed E-state index contributed by atoms with van der Waals surface area (Å²) in [7, 11) is 0. The number of rotatable bonds is 6. The lowest BCUT2D eigenvalue weighted by molar-refractivity contribution is -0.137. The second-order valence-electron chi connectivity index (χ2n) is 8.54. The second kappa shape index (κ2) is 8.82. The molecule has 3 atom stereocenters. The van der Waals surface area contributed by atoms with Gasteiger partial charge in [-0.25, -0.2) is 0 Å². The van der Waals surface area contributed by atoms with E-state index in [1.807, 2.05) is 0 Å². The smallest absolute Gasteiger partial charge is 0.365 e. The molecule has 0 aliphatic heterocycles. The summed E-state index contributed by atoms with van der Waals surface area (Å²) >= 11 is 0. The number of benzene rings is 1. The van der Waals surface area contributed by atoms with Gasteiger partial charge in [0.05, 0.1) is 23.6 Å². The molecule has 2 aromatic rings. The minimum atomic E-state index is -4.43. The summed E-state index contributed by atoms with van der Waals surface area (Å²) in [5.74, 6) is -0.830. The highest BCUT2D eigenvalue weighted by Crippen LogP contribution is 2.36. The topological polar surface area (TPSA) is 109 Å². The molecular weight excluding hydrogens is 421 g/mol. The Hall–Kier alpha value is -3.06. The number of anilines is 2. The van der Waals surface area contributed by atoms with Crippen molar-refractivity contribution in [2.75, 3.05) is 5.32 Å². The lowest BCUT2D eigenvalue weighted by Gasteiger charge is -2.37. The van der Waals surface area contributed by atoms with Crippen LogP contribution in [0.25, 0.3) is 0 Å². The highest BCUT2D eigenvalue weighted by Gasteiger charge is 2.35. The fourth-order valence-corrected chi connectivity index (χ4v) is 4.38. The number of nitrogens with one attached hydrogen (secondary N) is 2. The van der Waals surface area contributed by atoms with Gasteiger partial charge < -0.3 is 16.4 Å². The number of hydrogen-bond donors (Lipinski definition) is 3. The van der Waals surface area contributed by atoms with Crippen LogP contribution in [0, 0.1) is 17.2 Å². The van der Waals surface area contributed by atoms with Crippen molar-refractivity contribution in [2.45, 2.75) is 62.8 Å². The van der Waals surface area contributed by atoms with E-state index in [4.69, 9.17) is 5.73 Å². The van der Waals surface area contributed by atoms with Crippen LogP contribution in [-0.2, 0) is 6.18 Å². The number of hydrogen-bond acceptors (Lipinski definition) is 5. The Morgan fingerprint density at radius 3 is 2.44 bits per heavy atom. The molecule has 0 saturated heterocycles. The third-order valence-electron chi connectivity index (χ3n) is 6.37. The largest absolute Gasteiger partial charge is 0.416 e. The SMILES string of the molecule is N#CC1C[C@@H](NC2CCC2)CC[C@H]1n1cc(C(N)=O)c(Nc2ccc(C(F)(F)F)cc2)n1. The van der Waals surface area contributed by atoms with Crippen molar-refractivity contribution in [2.24, 2.45) is 11.7 Å². The molecule has 1 heterocycles. The van der Waals surface area contributed by atoms with Crippen LogP contribution in [0.2, 0.25) is 0 Å². The van der Waals surface area contributed by atoms with Gasteiger partial charge in [0.1, 0.15) is 5.56 Å². The van der Waals surface area contributed by atoms with Gasteiger partial charge in [0.2, 0.25) is 0 Å². The maximum atomic E-state index is 12.8. The summed E-state index contributed by atoms with van der Waals surface area (Å²) in [4.78, 5) is 12.0. The zero-order valence-electron chi connectivity index (χ0n) is 17.4. The van der Waals surface area contributed by atoms with E-state index in [0.29, 0.717) is 18.2 Å². The molecule has 2 aliphatic rings. The van der Waals surface area contributed by atoms with Crippen LogP contribution in [0.4, 0.5) is 24.7 Å². The van der Waals surface area contributed by atoms with E-state index in [9.17, 15) is 23.2 Å². The molecule has 32 heavy (non-hydrogen) atoms. The Kier molecular flexibility index (Phi) is 6.11. The van der Waals surface area contributed by atoms with Crippen molar-refractivity contribution >= 4 is 17.4 Å². The quantitative estimate of drug-likeness (QED) is 0.619. The van der Waals surface area contributed by atoms with E-state index in [-0.39, 0.29) is 29.4 Å². The lowest BCUT2D eigenvalue weighted by Crippen LogP contribution is -2.46. The minimum absolute atomic E-state index is 0.122. The van der Waals surface area contributed by atoms with Gasteiger partial charge >= 0.3 is 6.18 Å². The number of alkyl halides is 3. The van der Waals surface area contributed by atoms with E-state index in [0.717, 1.165) is 25.0 Å². The molecule has 2 fully saturated rings. The first-order chi connectivity index (χ1) is 15.2. The van der Waals surface area contributed by atoms with Crippen molar-refractivity contribution < 1.29 is 18.0 Å². The predicted octanol–water partition coefficient (Wildman–Crippen LogP) is 4.12. The van der Waals surface area contributed by atoms with Crippen molar-refractivity contribution in [1.29, 1.82) is 5.26 Å². The van der Waals surface area contributed by atoms with E-state index >= 15 is 0 Å². The van der Waals surface area contributed by atoms with Crippen LogP contribution < -0.4 is 16.4 Å². The molecule has 0 spiro atoms. The Morgan fingerprint density at radius 2 is 1.88 bits per heavy atom. The van der Waals surface area contributed by atoms with Gasteiger partial charge in [-0.3, -0.25) is 9.48 Å². The summed E-state index contributed by atoms with van der Waals surface area (Å²) in [6.45, 7) is 0. The normalized spacial score (nSPS) is 23.9. The maximum absolute atomic E-state index is 12.8. The summed E-state index contributed by atoms with van der Waals surface area (Å²) in [6.07, 6.45) is 3.00. The van der Waals surface area contributed by atoms with E-state index in [1.54, 1.807) is 4.68 Å². The number of nitrogens with two attached hydrogens (primary N) is 1. The molecule has 4 rings (SSSR count). The Labute approximate surface area is 183 Å². The zero-order valence-corrected chi connectivity index (χ0v) is 17.4. The number of carbonyl (C=O) groups is 1. The van der Waals surface area contributed by atoms with Gasteiger partial charge in [-0.2, -0.15) is 23.5 Å². The molecule has 1 aromatic heterocycles. The van der Waals surface area contributed by atoms with Crippen LogP contribution in [0.15, 0.2) is 30.5 Å². The summed E-state index contributed by atoms with van der Waals surface area (Å²) in [5.41, 5.74) is 5.20. The van der Waals surface area contributed by atoms with Crippen LogP contribution in [-0.4, -0.2) is 27.8 Å². The Bertz CT molecular complexity index is 1010. The van der Waals surface area contributed by atoms with Gasteiger partial charge in [0.15, 0.2) is 5.82 Å². The molecule has 1 amide bonds. The maximum Gasteiger partial charge on any atom is 0.416 e. The first kappa shape index (κ1) is 22.1. The van der Waals surface area contributed by atoms with E-state index < -0.39 is 17.6 Å². The number of carbonyl (C=O) groups excluding carboxylic acids is 1. The zero-order chi connectivity index (χ0) is 22.9. The molecule has 2 aliphatic carbocycles. The Morgan fingerprint density at radius 1 is 1.16 bits per heavy atom. The minimum Gasteiger partial charge on any atom is -0.365 e. The number of aromatic nitrogens is 2. The average molecular weight is 446 g/mol. The molecule has 0 radical (unpaired) electrons. The number of amides is 1. The second-order valence-corrected chi connectivity index (χ2v) is 8.54. The van der Waals surface area contributed by atoms with Gasteiger partial charge in [0.25, 0.3) is 5.91 Å². The van der Waals surface area contributed by atoms with Crippen LogP contribution in [0.5, 0.6) is 0 Å². The molecule has 0 bridgehead atoms. The van der Waals surface area contributed by atoms with Gasteiger partial charge in [-0.15, -0.1) is 0 Å². The predicted molar refractivity (Wildman–Crippen MR) is 112 cm³/mol. The van der Waals surface area contributed by atoms with Gasteiger partial charge in [0, 0.05) is 24.0 Å². The number of primary amides is 1. The van der Waals surface area contributed by atoms with E-state index in [2.05, 4.69) is 21.8 Å². The van der Waals surface area contributed by atoms with Gasteiger partial charge in [-0.1, -0.05) is 6.42 Å². The summed E-state index contributed by atoms with van der Waals surface area (Å²) in [6, 6.07) is 7.43. The fourth-order valence-electron chi connectivity index (χ4n) is 4.38. The average Bonchev–Trinajstić information content (AvgIpc) is 3.14. The Balaban J connectivity index is 1.51. The highest BCUT2D eigenvalue weighted by atomic mass is 19.4. The van der Waals surface area contributed by atoms with Crippen molar-refractivity contribution in [3.05, 3.63) is 41.6 Å². The number of nitriles is 1. The first-order valence-electron chi connectivity index (χ1n) is 10.7. The molecule has 10 heteroatoms. The molecule has 1 aromatic carbocycles. The first-order valence-corrected chi connectivity index (χ1v) is 10.7. The molecule has 4 N–H and O–H groups in total. The van der Waals surface area contributed by atoms with E-state index in [1.165, 1.54) is 37.6 Å². The monoisotopic (exact) mass is 446 g/mol. The number of nitrogens with zero attached hydrogens (tertiary/aromatic N) is 3. The number of halogens is 3. The van der Waals surface area contributed by atoms with Gasteiger partial charge in [-0.05, 0) is 56.4 Å². The van der Waals surface area contributed by atoms with Crippen molar-refractivity contribution in [3.63, 3.8) is 0 Å². The summed E-state index contributed by atoms with van der Waals surface area (Å²) in [5, 5.41) is 20.7. The standard InChI is InChI=1S/C22H25F3N6O/c23-22(24,25)14-4-6-16(7-5-14)29-21-18(20(27)32)12-31(30-21)19-9-8-17(10-13(19)11-26)28-15-2-1-3-15/h4-7,12-13,15,17,19,28H,1-3,8-10H2,(H2,27,32)(H,29,30)/t13?,17-,19+/m0/s1. The highest BCUT2D eigenvalue weighted by molar-refractivity contribution is 5.98. The molecule has 1 unspecified atom stereocenters. The third-order valence-corrected chi connectivity index (χ3v) is 6.37. The third kappa shape index (κ3) is 4.72. The van der Waals surface area contributed by atoms with Crippen LogP contribution in [0.1, 0.15) is 60.5 Å². The van der Waals surface area contributed by atoms with Crippen molar-refractivity contribution in [3.8, 4) is 6.07 Å². The summed E-state index contributed by atoms with van der Waals surface area (Å²) < 4.78 is 40.0. The molecule has 2 saturated carbocycles. The lowest BCUT2D eigenvalue weighted by atomic mass is 9.81. The molecule has 7 nitrogen and oxygen atoms in total.